The van der Waals surface area contributed by atoms with Gasteiger partial charge in [-0.05, 0) is 25.1 Å². The number of piperazine rings is 1. The second kappa shape index (κ2) is 6.65. The maximum Gasteiger partial charge on any atom is 0.433 e. The Hall–Kier alpha value is -1.34. The van der Waals surface area contributed by atoms with Crippen molar-refractivity contribution in [2.75, 3.05) is 50.7 Å². The molecule has 1 unspecified atom stereocenters. The molecule has 0 spiro atoms. The van der Waals surface area contributed by atoms with E-state index in [1.54, 1.807) is 6.07 Å². The number of alkyl halides is 3. The summed E-state index contributed by atoms with van der Waals surface area (Å²) in [5, 5.41) is 0. The van der Waals surface area contributed by atoms with Crippen molar-refractivity contribution in [2.24, 2.45) is 0 Å². The first-order valence-electron chi connectivity index (χ1n) is 8.23. The van der Waals surface area contributed by atoms with Crippen molar-refractivity contribution in [3.63, 3.8) is 0 Å². The van der Waals surface area contributed by atoms with Crippen molar-refractivity contribution < 1.29 is 13.2 Å². The predicted molar refractivity (Wildman–Crippen MR) is 83.5 cm³/mol. The first-order chi connectivity index (χ1) is 11.0. The van der Waals surface area contributed by atoms with E-state index in [2.05, 4.69) is 21.7 Å². The maximum atomic E-state index is 12.8. The molecule has 0 aliphatic carbocycles. The number of pyridine rings is 1. The SMILES string of the molecule is CCN1CCN(C2CCN(c3cccc(C(F)(F)F)n3)C2)CC1. The second-order valence-electron chi connectivity index (χ2n) is 6.24. The van der Waals surface area contributed by atoms with Crippen molar-refractivity contribution in [3.05, 3.63) is 23.9 Å². The highest BCUT2D eigenvalue weighted by Gasteiger charge is 2.34. The van der Waals surface area contributed by atoms with Crippen LogP contribution in [0.3, 0.4) is 0 Å². The number of rotatable bonds is 3. The zero-order valence-electron chi connectivity index (χ0n) is 13.4. The molecule has 3 heterocycles. The molecule has 2 aliphatic heterocycles. The normalized spacial score (nSPS) is 24.3. The zero-order chi connectivity index (χ0) is 16.4. The number of halogens is 3. The van der Waals surface area contributed by atoms with Gasteiger partial charge in [-0.1, -0.05) is 13.0 Å². The summed E-state index contributed by atoms with van der Waals surface area (Å²) in [7, 11) is 0. The molecule has 0 aromatic carbocycles. The van der Waals surface area contributed by atoms with Crippen LogP contribution >= 0.6 is 0 Å². The number of anilines is 1. The van der Waals surface area contributed by atoms with Gasteiger partial charge in [0, 0.05) is 45.3 Å². The molecule has 4 nitrogen and oxygen atoms in total. The minimum absolute atomic E-state index is 0.422. The summed E-state index contributed by atoms with van der Waals surface area (Å²) in [6.07, 6.45) is -3.39. The fraction of sp³-hybridized carbons (Fsp3) is 0.688. The standard InChI is InChI=1S/C16H23F3N4/c1-2-21-8-10-22(11-9-21)13-6-7-23(12-13)15-5-3-4-14(20-15)16(17,18)19/h3-5,13H,2,6-12H2,1H3. The highest BCUT2D eigenvalue weighted by molar-refractivity contribution is 5.41. The molecule has 1 aromatic heterocycles. The van der Waals surface area contributed by atoms with Crippen LogP contribution in [0.25, 0.3) is 0 Å². The van der Waals surface area contributed by atoms with Gasteiger partial charge in [-0.15, -0.1) is 0 Å². The monoisotopic (exact) mass is 328 g/mol. The van der Waals surface area contributed by atoms with Crippen LogP contribution in [0.2, 0.25) is 0 Å². The maximum absolute atomic E-state index is 12.8. The Morgan fingerprint density at radius 2 is 1.87 bits per heavy atom. The van der Waals surface area contributed by atoms with Crippen molar-refractivity contribution in [3.8, 4) is 0 Å². The van der Waals surface area contributed by atoms with E-state index in [9.17, 15) is 13.2 Å². The summed E-state index contributed by atoms with van der Waals surface area (Å²) < 4.78 is 38.4. The Morgan fingerprint density at radius 3 is 2.52 bits per heavy atom. The van der Waals surface area contributed by atoms with Gasteiger partial charge < -0.3 is 9.80 Å². The minimum atomic E-state index is -4.38. The molecule has 7 heteroatoms. The Morgan fingerprint density at radius 1 is 1.13 bits per heavy atom. The average molecular weight is 328 g/mol. The lowest BCUT2D eigenvalue weighted by atomic mass is 10.2. The fourth-order valence-electron chi connectivity index (χ4n) is 3.45. The van der Waals surface area contributed by atoms with Gasteiger partial charge in [0.15, 0.2) is 0 Å². The quantitative estimate of drug-likeness (QED) is 0.849. The van der Waals surface area contributed by atoms with Gasteiger partial charge in [0.05, 0.1) is 0 Å². The Labute approximate surface area is 134 Å². The summed E-state index contributed by atoms with van der Waals surface area (Å²) in [4.78, 5) is 10.7. The Bertz CT molecular complexity index is 526. The molecule has 1 aromatic rings. The Balaban J connectivity index is 1.62. The number of aromatic nitrogens is 1. The van der Waals surface area contributed by atoms with Gasteiger partial charge in [0.1, 0.15) is 11.5 Å². The van der Waals surface area contributed by atoms with Crippen LogP contribution in [0.4, 0.5) is 19.0 Å². The van der Waals surface area contributed by atoms with E-state index in [1.165, 1.54) is 6.07 Å². The molecular formula is C16H23F3N4. The van der Waals surface area contributed by atoms with E-state index in [4.69, 9.17) is 0 Å². The largest absolute Gasteiger partial charge is 0.433 e. The van der Waals surface area contributed by atoms with E-state index in [-0.39, 0.29) is 0 Å². The van der Waals surface area contributed by atoms with Gasteiger partial charge in [-0.25, -0.2) is 4.98 Å². The number of hydrogen-bond donors (Lipinski definition) is 0. The summed E-state index contributed by atoms with van der Waals surface area (Å²) in [6, 6.07) is 4.57. The molecule has 2 fully saturated rings. The molecule has 128 valence electrons. The first kappa shape index (κ1) is 16.5. The molecule has 0 amide bonds. The average Bonchev–Trinajstić information content (AvgIpc) is 3.04. The van der Waals surface area contributed by atoms with Crippen molar-refractivity contribution in [1.82, 2.24) is 14.8 Å². The number of likely N-dealkylation sites (N-methyl/N-ethyl adjacent to an activating group) is 1. The predicted octanol–water partition coefficient (Wildman–Crippen LogP) is 2.32. The molecule has 2 aliphatic rings. The lowest BCUT2D eigenvalue weighted by Crippen LogP contribution is -2.50. The number of nitrogens with zero attached hydrogens (tertiary/aromatic N) is 4. The number of hydrogen-bond acceptors (Lipinski definition) is 4. The Kier molecular flexibility index (Phi) is 4.77. The topological polar surface area (TPSA) is 22.6 Å². The van der Waals surface area contributed by atoms with Crippen LogP contribution in [0.15, 0.2) is 18.2 Å². The molecular weight excluding hydrogens is 305 g/mol. The van der Waals surface area contributed by atoms with Gasteiger partial charge in [-0.3, -0.25) is 4.90 Å². The van der Waals surface area contributed by atoms with E-state index < -0.39 is 11.9 Å². The zero-order valence-corrected chi connectivity index (χ0v) is 13.4. The molecule has 2 saturated heterocycles. The summed E-state index contributed by atoms with van der Waals surface area (Å²) in [5.74, 6) is 0.439. The molecule has 0 bridgehead atoms. The van der Waals surface area contributed by atoms with Gasteiger partial charge in [0.25, 0.3) is 0 Å². The summed E-state index contributed by atoms with van der Waals surface area (Å²) >= 11 is 0. The lowest BCUT2D eigenvalue weighted by molar-refractivity contribution is -0.141. The van der Waals surface area contributed by atoms with E-state index in [0.717, 1.165) is 58.3 Å². The van der Waals surface area contributed by atoms with Crippen molar-refractivity contribution >= 4 is 5.82 Å². The van der Waals surface area contributed by atoms with E-state index in [0.29, 0.717) is 11.9 Å². The summed E-state index contributed by atoms with van der Waals surface area (Å²) in [5.41, 5.74) is -0.810. The molecule has 0 N–H and O–H groups in total. The minimum Gasteiger partial charge on any atom is -0.355 e. The highest BCUT2D eigenvalue weighted by Crippen LogP contribution is 2.30. The molecule has 0 saturated carbocycles. The van der Waals surface area contributed by atoms with Crippen LogP contribution in [-0.4, -0.2) is 66.6 Å². The smallest absolute Gasteiger partial charge is 0.355 e. The van der Waals surface area contributed by atoms with E-state index in [1.807, 2.05) is 4.90 Å². The summed E-state index contributed by atoms with van der Waals surface area (Å²) in [6.45, 7) is 9.03. The molecule has 3 rings (SSSR count). The van der Waals surface area contributed by atoms with Crippen LogP contribution in [0.1, 0.15) is 19.0 Å². The van der Waals surface area contributed by atoms with Crippen molar-refractivity contribution in [1.29, 1.82) is 0 Å². The van der Waals surface area contributed by atoms with Crippen LogP contribution in [0.5, 0.6) is 0 Å². The van der Waals surface area contributed by atoms with Crippen LogP contribution in [-0.2, 0) is 6.18 Å². The highest BCUT2D eigenvalue weighted by atomic mass is 19.4. The van der Waals surface area contributed by atoms with Gasteiger partial charge in [-0.2, -0.15) is 13.2 Å². The third-order valence-electron chi connectivity index (χ3n) is 4.88. The third kappa shape index (κ3) is 3.77. The van der Waals surface area contributed by atoms with Gasteiger partial charge in [0.2, 0.25) is 0 Å². The van der Waals surface area contributed by atoms with E-state index >= 15 is 0 Å². The van der Waals surface area contributed by atoms with Crippen LogP contribution in [0, 0.1) is 0 Å². The third-order valence-corrected chi connectivity index (χ3v) is 4.88. The fourth-order valence-corrected chi connectivity index (χ4v) is 3.45. The molecule has 0 radical (unpaired) electrons. The second-order valence-corrected chi connectivity index (χ2v) is 6.24. The van der Waals surface area contributed by atoms with Crippen molar-refractivity contribution in [2.45, 2.75) is 25.6 Å². The molecule has 1 atom stereocenters. The van der Waals surface area contributed by atoms with Gasteiger partial charge >= 0.3 is 6.18 Å². The first-order valence-corrected chi connectivity index (χ1v) is 8.23. The molecule has 23 heavy (non-hydrogen) atoms. The van der Waals surface area contributed by atoms with Crippen LogP contribution < -0.4 is 4.90 Å². The lowest BCUT2D eigenvalue weighted by Gasteiger charge is -2.37.